The number of aliphatic hydroxyl groups excluding tert-OH is 1. The van der Waals surface area contributed by atoms with E-state index in [0.717, 1.165) is 57.8 Å². The Bertz CT molecular complexity index is 863. The number of primary amides is 1. The van der Waals surface area contributed by atoms with Crippen molar-refractivity contribution in [3.8, 4) is 5.75 Å². The maximum Gasteiger partial charge on any atom is 0.329 e. The zero-order chi connectivity index (χ0) is 27.8. The average molecular weight is 535 g/mol. The number of nitrogens with zero attached hydrogens (tertiary/aromatic N) is 1. The number of aliphatic hydroxyl groups is 1. The first-order chi connectivity index (χ1) is 18.4. The van der Waals surface area contributed by atoms with Gasteiger partial charge in [0.05, 0.1) is 5.56 Å². The molecular weight excluding hydrogens is 488 g/mol. The molecule has 0 unspecified atom stereocenters. The Morgan fingerprint density at radius 2 is 1.71 bits per heavy atom. The van der Waals surface area contributed by atoms with Crippen LogP contribution in [0.2, 0.25) is 0 Å². The first-order valence-electron chi connectivity index (χ1n) is 14.1. The second-order valence-corrected chi connectivity index (χ2v) is 10.0. The number of ether oxygens (including phenoxy) is 3. The van der Waals surface area contributed by atoms with E-state index < -0.39 is 18.1 Å². The van der Waals surface area contributed by atoms with Crippen molar-refractivity contribution >= 4 is 17.8 Å². The molecule has 1 aliphatic heterocycles. The van der Waals surface area contributed by atoms with Crippen LogP contribution in [0.5, 0.6) is 5.75 Å². The number of hydrogen-bond donors (Lipinski definition) is 2. The lowest BCUT2D eigenvalue weighted by atomic mass is 9.99. The highest BCUT2D eigenvalue weighted by Gasteiger charge is 2.35. The summed E-state index contributed by atoms with van der Waals surface area (Å²) in [7, 11) is 1.52. The number of likely N-dealkylation sites (tertiary alicyclic amines) is 1. The molecule has 2 amide bonds. The van der Waals surface area contributed by atoms with Crippen molar-refractivity contribution in [1.29, 1.82) is 0 Å². The molecule has 0 aromatic heterocycles. The van der Waals surface area contributed by atoms with Gasteiger partial charge in [0.15, 0.2) is 6.79 Å². The fourth-order valence-electron chi connectivity index (χ4n) is 4.80. The molecule has 1 heterocycles. The van der Waals surface area contributed by atoms with E-state index in [1.807, 2.05) is 0 Å². The number of benzene rings is 1. The van der Waals surface area contributed by atoms with E-state index >= 15 is 0 Å². The fraction of sp³-hybridized carbons (Fsp3) is 0.690. The molecule has 3 N–H and O–H groups in total. The molecule has 38 heavy (non-hydrogen) atoms. The Morgan fingerprint density at radius 3 is 2.39 bits per heavy atom. The maximum absolute atomic E-state index is 13.5. The van der Waals surface area contributed by atoms with Crippen molar-refractivity contribution in [2.75, 3.05) is 20.4 Å². The summed E-state index contributed by atoms with van der Waals surface area (Å²) in [5, 5.41) is 9.59. The SMILES string of the molecule is CCCCCC[C@H](CCCCC[C@@H](O)C(N)=O)OC(=O)[C@@H]1CCCCN1C(=O)c1ccccc1OCOC. The number of amides is 2. The molecule has 0 bridgehead atoms. The number of rotatable bonds is 18. The van der Waals surface area contributed by atoms with Gasteiger partial charge in [-0.3, -0.25) is 9.59 Å². The molecule has 0 radical (unpaired) electrons. The molecule has 214 valence electrons. The minimum atomic E-state index is -1.11. The molecule has 1 aromatic carbocycles. The normalized spacial score (nSPS) is 17.0. The largest absolute Gasteiger partial charge is 0.467 e. The van der Waals surface area contributed by atoms with E-state index in [1.165, 1.54) is 7.11 Å². The minimum Gasteiger partial charge on any atom is -0.467 e. The summed E-state index contributed by atoms with van der Waals surface area (Å²) >= 11 is 0. The molecule has 1 aliphatic rings. The summed E-state index contributed by atoms with van der Waals surface area (Å²) in [6.07, 6.45) is 9.36. The van der Waals surface area contributed by atoms with Crippen LogP contribution < -0.4 is 10.5 Å². The smallest absolute Gasteiger partial charge is 0.329 e. The van der Waals surface area contributed by atoms with Crippen molar-refractivity contribution in [2.45, 2.75) is 109 Å². The third-order valence-electron chi connectivity index (χ3n) is 6.98. The van der Waals surface area contributed by atoms with E-state index in [1.54, 1.807) is 29.2 Å². The van der Waals surface area contributed by atoms with Gasteiger partial charge in [-0.15, -0.1) is 0 Å². The predicted octanol–water partition coefficient (Wildman–Crippen LogP) is 4.34. The van der Waals surface area contributed by atoms with Gasteiger partial charge in [0.2, 0.25) is 5.91 Å². The number of carbonyl (C=O) groups excluding carboxylic acids is 3. The van der Waals surface area contributed by atoms with Crippen LogP contribution in [-0.4, -0.2) is 66.5 Å². The van der Waals surface area contributed by atoms with Gasteiger partial charge < -0.3 is 30.0 Å². The lowest BCUT2D eigenvalue weighted by Gasteiger charge is -2.35. The van der Waals surface area contributed by atoms with E-state index in [-0.39, 0.29) is 24.8 Å². The van der Waals surface area contributed by atoms with Crippen molar-refractivity contribution in [1.82, 2.24) is 4.90 Å². The summed E-state index contributed by atoms with van der Waals surface area (Å²) < 4.78 is 16.6. The first kappa shape index (κ1) is 31.6. The van der Waals surface area contributed by atoms with Crippen LogP contribution in [0, 0.1) is 0 Å². The van der Waals surface area contributed by atoms with Gasteiger partial charge in [-0.2, -0.15) is 0 Å². The quantitative estimate of drug-likeness (QED) is 0.163. The molecule has 9 heteroatoms. The number of esters is 1. The second-order valence-electron chi connectivity index (χ2n) is 10.0. The Morgan fingerprint density at radius 1 is 1.03 bits per heavy atom. The van der Waals surface area contributed by atoms with Crippen LogP contribution >= 0.6 is 0 Å². The predicted molar refractivity (Wildman–Crippen MR) is 145 cm³/mol. The maximum atomic E-state index is 13.5. The van der Waals surface area contributed by atoms with Gasteiger partial charge >= 0.3 is 5.97 Å². The van der Waals surface area contributed by atoms with Gasteiger partial charge in [0.25, 0.3) is 5.91 Å². The molecule has 0 saturated carbocycles. The zero-order valence-electron chi connectivity index (χ0n) is 23.1. The van der Waals surface area contributed by atoms with Gasteiger partial charge in [-0.05, 0) is 63.5 Å². The fourth-order valence-corrected chi connectivity index (χ4v) is 4.80. The number of carbonyl (C=O) groups is 3. The molecular formula is C29H46N2O7. The van der Waals surface area contributed by atoms with Crippen LogP contribution in [0.3, 0.4) is 0 Å². The summed E-state index contributed by atoms with van der Waals surface area (Å²) in [5.41, 5.74) is 5.52. The van der Waals surface area contributed by atoms with Crippen molar-refractivity contribution in [3.05, 3.63) is 29.8 Å². The number of para-hydroxylation sites is 1. The summed E-state index contributed by atoms with van der Waals surface area (Å²) in [6.45, 7) is 2.67. The van der Waals surface area contributed by atoms with Gasteiger partial charge in [-0.1, -0.05) is 51.2 Å². The Balaban J connectivity index is 2.02. The summed E-state index contributed by atoms with van der Waals surface area (Å²) in [6, 6.07) is 6.37. The van der Waals surface area contributed by atoms with Crippen LogP contribution in [0.25, 0.3) is 0 Å². The zero-order valence-corrected chi connectivity index (χ0v) is 23.1. The van der Waals surface area contributed by atoms with Crippen molar-refractivity contribution < 1.29 is 33.7 Å². The molecule has 1 saturated heterocycles. The Hall–Kier alpha value is -2.65. The number of unbranched alkanes of at least 4 members (excludes halogenated alkanes) is 5. The number of hydrogen-bond acceptors (Lipinski definition) is 7. The molecule has 0 spiro atoms. The van der Waals surface area contributed by atoms with Crippen LogP contribution in [0.4, 0.5) is 0 Å². The highest BCUT2D eigenvalue weighted by atomic mass is 16.7. The molecule has 1 aromatic rings. The van der Waals surface area contributed by atoms with E-state index in [2.05, 4.69) is 6.92 Å². The van der Waals surface area contributed by atoms with Crippen LogP contribution in [-0.2, 0) is 19.1 Å². The number of piperidine rings is 1. The van der Waals surface area contributed by atoms with Gasteiger partial charge in [-0.25, -0.2) is 4.79 Å². The van der Waals surface area contributed by atoms with E-state index in [0.29, 0.717) is 43.5 Å². The minimum absolute atomic E-state index is 0.0248. The highest BCUT2D eigenvalue weighted by molar-refractivity contribution is 5.99. The van der Waals surface area contributed by atoms with Crippen LogP contribution in [0.15, 0.2) is 24.3 Å². The van der Waals surface area contributed by atoms with Crippen LogP contribution in [0.1, 0.15) is 101 Å². The highest BCUT2D eigenvalue weighted by Crippen LogP contribution is 2.27. The first-order valence-corrected chi connectivity index (χ1v) is 14.1. The molecule has 3 atom stereocenters. The molecule has 9 nitrogen and oxygen atoms in total. The monoisotopic (exact) mass is 534 g/mol. The van der Waals surface area contributed by atoms with E-state index in [9.17, 15) is 19.5 Å². The number of methoxy groups -OCH3 is 1. The second kappa shape index (κ2) is 17.8. The Labute approximate surface area is 227 Å². The average Bonchev–Trinajstić information content (AvgIpc) is 2.93. The van der Waals surface area contributed by atoms with Crippen molar-refractivity contribution in [2.24, 2.45) is 5.73 Å². The van der Waals surface area contributed by atoms with E-state index in [4.69, 9.17) is 19.9 Å². The topological polar surface area (TPSA) is 128 Å². The van der Waals surface area contributed by atoms with Gasteiger partial charge in [0.1, 0.15) is 24.0 Å². The standard InChI is InChI=1S/C29H46N2O7/c1-3-4-5-7-14-22(15-8-6-9-18-25(32)27(30)33)38-29(35)24-17-12-13-20-31(24)28(34)23-16-10-11-19-26(23)37-21-36-2/h10-11,16,19,22,24-25,32H,3-9,12-15,17-18,20-21H2,1-2H3,(H2,30,33)/t22-,24+,25-/m1/s1. The number of nitrogens with two attached hydrogens (primary N) is 1. The third-order valence-corrected chi connectivity index (χ3v) is 6.98. The lowest BCUT2D eigenvalue weighted by Crippen LogP contribution is -2.49. The summed E-state index contributed by atoms with van der Waals surface area (Å²) in [4.78, 5) is 39.6. The lowest BCUT2D eigenvalue weighted by molar-refractivity contribution is -0.156. The Kier molecular flexibility index (Phi) is 14.8. The van der Waals surface area contributed by atoms with Crippen molar-refractivity contribution in [3.63, 3.8) is 0 Å². The summed E-state index contributed by atoms with van der Waals surface area (Å²) in [5.74, 6) is -0.872. The molecule has 2 rings (SSSR count). The van der Waals surface area contributed by atoms with Gasteiger partial charge in [0, 0.05) is 13.7 Å². The molecule has 1 fully saturated rings. The molecule has 0 aliphatic carbocycles. The third kappa shape index (κ3) is 10.6.